The van der Waals surface area contributed by atoms with E-state index in [0.717, 1.165) is 54.0 Å². The van der Waals surface area contributed by atoms with Crippen molar-refractivity contribution in [1.82, 2.24) is 0 Å². The summed E-state index contributed by atoms with van der Waals surface area (Å²) in [6.45, 7) is 6.50. The lowest BCUT2D eigenvalue weighted by atomic mass is 9.87. The van der Waals surface area contributed by atoms with Crippen LogP contribution in [0.5, 0.6) is 5.75 Å². The third kappa shape index (κ3) is 5.55. The van der Waals surface area contributed by atoms with Crippen molar-refractivity contribution >= 4 is 22.3 Å². The molecule has 3 aromatic carbocycles. The van der Waals surface area contributed by atoms with E-state index in [0.29, 0.717) is 12.2 Å². The van der Waals surface area contributed by atoms with Gasteiger partial charge in [-0.25, -0.2) is 4.79 Å². The Morgan fingerprint density at radius 1 is 0.968 bits per heavy atom. The highest BCUT2D eigenvalue weighted by Crippen LogP contribution is 2.33. The molecule has 0 amide bonds. The summed E-state index contributed by atoms with van der Waals surface area (Å²) in [6.07, 6.45) is 4.38. The smallest absolute Gasteiger partial charge is 0.334 e. The molecule has 3 nitrogen and oxygen atoms in total. The maximum atomic E-state index is 12.7. The summed E-state index contributed by atoms with van der Waals surface area (Å²) in [4.78, 5) is 12.7. The lowest BCUT2D eigenvalue weighted by Crippen LogP contribution is -2.10. The number of esters is 1. The van der Waals surface area contributed by atoms with E-state index < -0.39 is 0 Å². The standard InChI is InChI=1S/C28H32O3/c1-4-6-18-31-28(30)20(3)24(5-2)26-16-13-22-19-23(29)14-17-25(22)27(26)15-12-21-10-8-7-9-11-21/h7-11,13-14,16-17,19,29H,4-6,12,15,18H2,1-3H3/b24-20+. The number of ether oxygens (including phenoxy) is 1. The van der Waals surface area contributed by atoms with Crippen LogP contribution in [-0.2, 0) is 22.4 Å². The fraction of sp³-hybridized carbons (Fsp3) is 0.321. The largest absolute Gasteiger partial charge is 0.508 e. The number of rotatable bonds is 9. The number of carbonyl (C=O) groups is 1. The van der Waals surface area contributed by atoms with Crippen LogP contribution in [0.25, 0.3) is 16.3 Å². The van der Waals surface area contributed by atoms with Gasteiger partial charge in [0.15, 0.2) is 0 Å². The van der Waals surface area contributed by atoms with Gasteiger partial charge < -0.3 is 9.84 Å². The minimum atomic E-state index is -0.231. The van der Waals surface area contributed by atoms with Gasteiger partial charge in [0, 0.05) is 5.57 Å². The lowest BCUT2D eigenvalue weighted by Gasteiger charge is -2.18. The van der Waals surface area contributed by atoms with Crippen LogP contribution in [0.2, 0.25) is 0 Å². The van der Waals surface area contributed by atoms with Crippen molar-refractivity contribution in [3.05, 3.63) is 82.9 Å². The molecule has 3 aromatic rings. The summed E-state index contributed by atoms with van der Waals surface area (Å²) in [7, 11) is 0. The molecule has 0 atom stereocenters. The first-order valence-electron chi connectivity index (χ1n) is 11.2. The highest BCUT2D eigenvalue weighted by atomic mass is 16.5. The Kier molecular flexibility index (Phi) is 7.88. The number of aromatic hydroxyl groups is 1. The number of hydrogen-bond donors (Lipinski definition) is 1. The monoisotopic (exact) mass is 416 g/mol. The SMILES string of the molecule is CCCCOC(=O)/C(C)=C(\CC)c1ccc2cc(O)ccc2c1CCc1ccccc1. The van der Waals surface area contributed by atoms with Crippen LogP contribution in [0.3, 0.4) is 0 Å². The first-order chi connectivity index (χ1) is 15.0. The van der Waals surface area contributed by atoms with Gasteiger partial charge in [-0.05, 0) is 77.8 Å². The number of aryl methyl sites for hydroxylation is 2. The minimum Gasteiger partial charge on any atom is -0.508 e. The number of hydrogen-bond acceptors (Lipinski definition) is 3. The summed E-state index contributed by atoms with van der Waals surface area (Å²) in [5.74, 6) is 0.0290. The zero-order chi connectivity index (χ0) is 22.2. The van der Waals surface area contributed by atoms with Gasteiger partial charge in [-0.15, -0.1) is 0 Å². The second kappa shape index (κ2) is 10.8. The van der Waals surface area contributed by atoms with Crippen molar-refractivity contribution in [3.63, 3.8) is 0 Å². The molecular formula is C28H32O3. The topological polar surface area (TPSA) is 46.5 Å². The van der Waals surface area contributed by atoms with Gasteiger partial charge in [0.25, 0.3) is 0 Å². The van der Waals surface area contributed by atoms with Crippen molar-refractivity contribution in [2.24, 2.45) is 0 Å². The average molecular weight is 417 g/mol. The molecule has 0 radical (unpaired) electrons. The summed E-state index contributed by atoms with van der Waals surface area (Å²) in [5, 5.41) is 12.1. The molecule has 31 heavy (non-hydrogen) atoms. The Bertz CT molecular complexity index is 1060. The first kappa shape index (κ1) is 22.6. The van der Waals surface area contributed by atoms with Gasteiger partial charge in [-0.3, -0.25) is 0 Å². The number of unbranched alkanes of at least 4 members (excludes halogenated alkanes) is 1. The Balaban J connectivity index is 2.05. The quantitative estimate of drug-likeness (QED) is 0.235. The van der Waals surface area contributed by atoms with Crippen molar-refractivity contribution in [1.29, 1.82) is 0 Å². The number of carbonyl (C=O) groups excluding carboxylic acids is 1. The van der Waals surface area contributed by atoms with Gasteiger partial charge in [-0.1, -0.05) is 68.8 Å². The number of allylic oxidation sites excluding steroid dienone is 1. The zero-order valence-electron chi connectivity index (χ0n) is 18.8. The molecule has 0 aliphatic rings. The Morgan fingerprint density at radius 2 is 1.74 bits per heavy atom. The summed E-state index contributed by atoms with van der Waals surface area (Å²) < 4.78 is 5.49. The van der Waals surface area contributed by atoms with Crippen LogP contribution in [-0.4, -0.2) is 17.7 Å². The number of fused-ring (bicyclic) bond motifs is 1. The molecule has 0 spiro atoms. The van der Waals surface area contributed by atoms with Crippen LogP contribution in [0.1, 0.15) is 56.7 Å². The van der Waals surface area contributed by atoms with Crippen LogP contribution in [0, 0.1) is 0 Å². The van der Waals surface area contributed by atoms with Crippen LogP contribution in [0.15, 0.2) is 66.2 Å². The van der Waals surface area contributed by atoms with E-state index >= 15 is 0 Å². The molecule has 0 aliphatic heterocycles. The maximum Gasteiger partial charge on any atom is 0.334 e. The third-order valence-corrected chi connectivity index (χ3v) is 5.79. The van der Waals surface area contributed by atoms with Crippen molar-refractivity contribution in [2.75, 3.05) is 6.61 Å². The number of phenols is 1. The molecular weight excluding hydrogens is 384 g/mol. The Morgan fingerprint density at radius 3 is 2.45 bits per heavy atom. The maximum absolute atomic E-state index is 12.7. The van der Waals surface area contributed by atoms with E-state index in [1.807, 2.05) is 25.1 Å². The second-order valence-electron chi connectivity index (χ2n) is 7.93. The third-order valence-electron chi connectivity index (χ3n) is 5.79. The predicted octanol–water partition coefficient (Wildman–Crippen LogP) is 6.86. The average Bonchev–Trinajstić information content (AvgIpc) is 2.79. The van der Waals surface area contributed by atoms with Crippen molar-refractivity contribution in [3.8, 4) is 5.75 Å². The van der Waals surface area contributed by atoms with E-state index in [1.54, 1.807) is 12.1 Å². The number of benzene rings is 3. The summed E-state index contributed by atoms with van der Waals surface area (Å²) in [5.41, 5.74) is 5.29. The normalized spacial score (nSPS) is 12.0. The van der Waals surface area contributed by atoms with E-state index in [-0.39, 0.29) is 11.7 Å². The molecule has 0 heterocycles. The molecule has 0 bridgehead atoms. The fourth-order valence-corrected chi connectivity index (χ4v) is 4.05. The van der Waals surface area contributed by atoms with Gasteiger partial charge >= 0.3 is 5.97 Å². The molecule has 0 aromatic heterocycles. The zero-order valence-corrected chi connectivity index (χ0v) is 18.8. The molecule has 0 unspecified atom stereocenters. The molecule has 3 rings (SSSR count). The molecule has 1 N–H and O–H groups in total. The van der Waals surface area contributed by atoms with E-state index in [1.165, 1.54) is 11.1 Å². The molecule has 0 saturated carbocycles. The highest BCUT2D eigenvalue weighted by molar-refractivity contribution is 5.99. The first-order valence-corrected chi connectivity index (χ1v) is 11.2. The molecule has 0 saturated heterocycles. The van der Waals surface area contributed by atoms with Gasteiger partial charge in [0.1, 0.15) is 5.75 Å². The Hall–Kier alpha value is -3.07. The molecule has 0 aliphatic carbocycles. The van der Waals surface area contributed by atoms with Crippen molar-refractivity contribution in [2.45, 2.75) is 52.9 Å². The number of phenolic OH excluding ortho intramolecular Hbond substituents is 1. The van der Waals surface area contributed by atoms with Crippen LogP contribution >= 0.6 is 0 Å². The van der Waals surface area contributed by atoms with Crippen LogP contribution in [0.4, 0.5) is 0 Å². The Labute approximate surface area is 185 Å². The van der Waals surface area contributed by atoms with Crippen LogP contribution < -0.4 is 0 Å². The van der Waals surface area contributed by atoms with E-state index in [9.17, 15) is 9.90 Å². The molecule has 162 valence electrons. The predicted molar refractivity (Wildman–Crippen MR) is 128 cm³/mol. The van der Waals surface area contributed by atoms with Gasteiger partial charge in [-0.2, -0.15) is 0 Å². The van der Waals surface area contributed by atoms with Crippen molar-refractivity contribution < 1.29 is 14.6 Å². The van der Waals surface area contributed by atoms with Gasteiger partial charge in [0.2, 0.25) is 0 Å². The fourth-order valence-electron chi connectivity index (χ4n) is 4.05. The summed E-state index contributed by atoms with van der Waals surface area (Å²) >= 11 is 0. The molecule has 3 heteroatoms. The summed E-state index contributed by atoms with van der Waals surface area (Å²) in [6, 6.07) is 20.1. The highest BCUT2D eigenvalue weighted by Gasteiger charge is 2.17. The second-order valence-corrected chi connectivity index (χ2v) is 7.93. The molecule has 0 fully saturated rings. The minimum absolute atomic E-state index is 0.231. The lowest BCUT2D eigenvalue weighted by molar-refractivity contribution is -0.139. The van der Waals surface area contributed by atoms with E-state index in [2.05, 4.69) is 44.2 Å². The van der Waals surface area contributed by atoms with Gasteiger partial charge in [0.05, 0.1) is 6.61 Å². The van der Waals surface area contributed by atoms with E-state index in [4.69, 9.17) is 4.74 Å².